The van der Waals surface area contributed by atoms with E-state index in [1.54, 1.807) is 11.3 Å². The molecule has 1 aromatic heterocycles. The Morgan fingerprint density at radius 2 is 1.88 bits per heavy atom. The second-order valence-corrected chi connectivity index (χ2v) is 8.86. The highest BCUT2D eigenvalue weighted by Crippen LogP contribution is 2.27. The van der Waals surface area contributed by atoms with Crippen molar-refractivity contribution in [3.8, 4) is 6.07 Å². The zero-order valence-corrected chi connectivity index (χ0v) is 16.0. The van der Waals surface area contributed by atoms with Crippen LogP contribution in [0, 0.1) is 11.3 Å². The minimum absolute atomic E-state index is 0.0121. The van der Waals surface area contributed by atoms with E-state index in [9.17, 15) is 10.1 Å². The van der Waals surface area contributed by atoms with Crippen LogP contribution < -0.4 is 5.32 Å². The highest BCUT2D eigenvalue weighted by atomic mass is 35.5. The van der Waals surface area contributed by atoms with Gasteiger partial charge in [0.25, 0.3) is 0 Å². The molecule has 2 aliphatic rings. The standard InChI is InChI=1S/C18H25ClN4OS/c19-16-5-4-15(25-16)12-22-8-10-23(11-9-22)13-17(24)21-18(14-20)6-2-1-3-7-18/h4-5H,1-3,6-13H2,(H,21,24). The summed E-state index contributed by atoms with van der Waals surface area (Å²) in [6.07, 6.45) is 4.79. The Hall–Kier alpha value is -1.13. The molecule has 7 heteroatoms. The van der Waals surface area contributed by atoms with Gasteiger partial charge in [-0.3, -0.25) is 14.6 Å². The summed E-state index contributed by atoms with van der Waals surface area (Å²) < 4.78 is 0.833. The lowest BCUT2D eigenvalue weighted by atomic mass is 9.83. The predicted molar refractivity (Wildman–Crippen MR) is 101 cm³/mol. The van der Waals surface area contributed by atoms with Gasteiger partial charge in [-0.15, -0.1) is 11.3 Å². The maximum atomic E-state index is 12.4. The van der Waals surface area contributed by atoms with Crippen molar-refractivity contribution in [3.05, 3.63) is 21.3 Å². The van der Waals surface area contributed by atoms with E-state index in [4.69, 9.17) is 11.6 Å². The minimum Gasteiger partial charge on any atom is -0.337 e. The molecule has 1 saturated carbocycles. The van der Waals surface area contributed by atoms with E-state index in [2.05, 4.69) is 27.3 Å². The second-order valence-electron chi connectivity index (χ2n) is 7.06. The van der Waals surface area contributed by atoms with E-state index in [1.165, 1.54) is 4.88 Å². The van der Waals surface area contributed by atoms with Crippen LogP contribution in [0.1, 0.15) is 37.0 Å². The Morgan fingerprint density at radius 1 is 1.20 bits per heavy atom. The van der Waals surface area contributed by atoms with Crippen LogP contribution in [0.25, 0.3) is 0 Å². The van der Waals surface area contributed by atoms with Gasteiger partial charge >= 0.3 is 0 Å². The van der Waals surface area contributed by atoms with Gasteiger partial charge in [-0.1, -0.05) is 30.9 Å². The molecule has 1 amide bonds. The first-order valence-corrected chi connectivity index (χ1v) is 10.2. The third-order valence-corrected chi connectivity index (χ3v) is 6.36. The number of hydrogen-bond donors (Lipinski definition) is 1. The molecule has 1 aliphatic carbocycles. The molecule has 0 aromatic carbocycles. The van der Waals surface area contributed by atoms with E-state index in [0.29, 0.717) is 6.54 Å². The number of piperazine rings is 1. The molecule has 0 bridgehead atoms. The number of amides is 1. The lowest BCUT2D eigenvalue weighted by Crippen LogP contribution is -2.54. The van der Waals surface area contributed by atoms with Crippen LogP contribution in [0.2, 0.25) is 4.34 Å². The number of carbonyl (C=O) groups is 1. The molecule has 1 aromatic rings. The van der Waals surface area contributed by atoms with E-state index < -0.39 is 5.54 Å². The van der Waals surface area contributed by atoms with Crippen LogP contribution in [-0.2, 0) is 11.3 Å². The van der Waals surface area contributed by atoms with Crippen LogP contribution in [0.4, 0.5) is 0 Å². The molecule has 25 heavy (non-hydrogen) atoms. The van der Waals surface area contributed by atoms with Crippen LogP contribution in [0.15, 0.2) is 12.1 Å². The topological polar surface area (TPSA) is 59.4 Å². The molecule has 0 unspecified atom stereocenters. The quantitative estimate of drug-likeness (QED) is 0.853. The fourth-order valence-corrected chi connectivity index (χ4v) is 4.82. The van der Waals surface area contributed by atoms with E-state index in [0.717, 1.165) is 69.2 Å². The highest BCUT2D eigenvalue weighted by Gasteiger charge is 2.34. The summed E-state index contributed by atoms with van der Waals surface area (Å²) in [7, 11) is 0. The maximum absolute atomic E-state index is 12.4. The van der Waals surface area contributed by atoms with Crippen molar-refractivity contribution < 1.29 is 4.79 Å². The molecule has 0 atom stereocenters. The molecule has 136 valence electrons. The summed E-state index contributed by atoms with van der Waals surface area (Å²) >= 11 is 7.62. The Balaban J connectivity index is 1.42. The number of halogens is 1. The number of rotatable bonds is 5. The van der Waals surface area contributed by atoms with Crippen molar-refractivity contribution in [3.63, 3.8) is 0 Å². The van der Waals surface area contributed by atoms with Gasteiger partial charge in [0.05, 0.1) is 17.0 Å². The summed E-state index contributed by atoms with van der Waals surface area (Å²) in [5.74, 6) is -0.0121. The lowest BCUT2D eigenvalue weighted by Gasteiger charge is -2.36. The van der Waals surface area contributed by atoms with Gasteiger partial charge in [0, 0.05) is 37.6 Å². The van der Waals surface area contributed by atoms with Gasteiger partial charge in [0.15, 0.2) is 0 Å². The summed E-state index contributed by atoms with van der Waals surface area (Å²) in [4.78, 5) is 18.2. The molecule has 5 nitrogen and oxygen atoms in total. The Kier molecular flexibility index (Phi) is 6.34. The van der Waals surface area contributed by atoms with E-state index in [1.807, 2.05) is 6.07 Å². The van der Waals surface area contributed by atoms with Gasteiger partial charge in [-0.25, -0.2) is 0 Å². The molecular formula is C18H25ClN4OS. The van der Waals surface area contributed by atoms with Crippen molar-refractivity contribution in [2.45, 2.75) is 44.2 Å². The Labute approximate surface area is 158 Å². The molecule has 2 heterocycles. The van der Waals surface area contributed by atoms with Crippen LogP contribution in [0.3, 0.4) is 0 Å². The summed E-state index contributed by atoms with van der Waals surface area (Å²) in [5, 5.41) is 12.5. The third-order valence-electron chi connectivity index (χ3n) is 5.14. The highest BCUT2D eigenvalue weighted by molar-refractivity contribution is 7.16. The molecule has 2 fully saturated rings. The van der Waals surface area contributed by atoms with Gasteiger partial charge in [-0.05, 0) is 25.0 Å². The van der Waals surface area contributed by atoms with Crippen LogP contribution in [-0.4, -0.2) is 54.0 Å². The average Bonchev–Trinajstić information content (AvgIpc) is 3.02. The number of carbonyl (C=O) groups excluding carboxylic acids is 1. The van der Waals surface area contributed by atoms with Crippen LogP contribution >= 0.6 is 22.9 Å². The maximum Gasteiger partial charge on any atom is 0.235 e. The SMILES string of the molecule is N#CC1(NC(=O)CN2CCN(Cc3ccc(Cl)s3)CC2)CCCCC1. The smallest absolute Gasteiger partial charge is 0.235 e. The van der Waals surface area contributed by atoms with Crippen molar-refractivity contribution in [2.24, 2.45) is 0 Å². The molecule has 0 radical (unpaired) electrons. The first-order chi connectivity index (χ1) is 12.1. The van der Waals surface area contributed by atoms with E-state index in [-0.39, 0.29) is 5.91 Å². The first kappa shape index (κ1) is 18.7. The zero-order chi connectivity index (χ0) is 17.7. The van der Waals surface area contributed by atoms with Gasteiger partial charge in [0.2, 0.25) is 5.91 Å². The number of nitriles is 1. The molecule has 0 spiro atoms. The van der Waals surface area contributed by atoms with Crippen molar-refractivity contribution in [1.29, 1.82) is 5.26 Å². The summed E-state index contributed by atoms with van der Waals surface area (Å²) in [5.41, 5.74) is -0.629. The number of hydrogen-bond acceptors (Lipinski definition) is 5. The zero-order valence-electron chi connectivity index (χ0n) is 14.5. The Morgan fingerprint density at radius 3 is 2.48 bits per heavy atom. The van der Waals surface area contributed by atoms with Crippen molar-refractivity contribution in [1.82, 2.24) is 15.1 Å². The number of nitrogens with zero attached hydrogens (tertiary/aromatic N) is 3. The number of thiophene rings is 1. The van der Waals surface area contributed by atoms with Crippen molar-refractivity contribution >= 4 is 28.8 Å². The monoisotopic (exact) mass is 380 g/mol. The molecule has 1 N–H and O–H groups in total. The summed E-state index contributed by atoms with van der Waals surface area (Å²) in [6.45, 7) is 4.98. The number of nitrogens with one attached hydrogen (secondary N) is 1. The Bertz CT molecular complexity index is 627. The first-order valence-electron chi connectivity index (χ1n) is 9.00. The van der Waals surface area contributed by atoms with Crippen LogP contribution in [0.5, 0.6) is 0 Å². The van der Waals surface area contributed by atoms with Gasteiger partial charge in [0.1, 0.15) is 5.54 Å². The third kappa shape index (κ3) is 5.18. The predicted octanol–water partition coefficient (Wildman–Crippen LogP) is 2.86. The second kappa shape index (κ2) is 8.50. The average molecular weight is 381 g/mol. The van der Waals surface area contributed by atoms with Gasteiger partial charge < -0.3 is 5.32 Å². The van der Waals surface area contributed by atoms with E-state index >= 15 is 0 Å². The minimum atomic E-state index is -0.629. The normalized spacial score (nSPS) is 21.6. The summed E-state index contributed by atoms with van der Waals surface area (Å²) in [6, 6.07) is 6.38. The molecular weight excluding hydrogens is 356 g/mol. The molecule has 1 saturated heterocycles. The lowest BCUT2D eigenvalue weighted by molar-refractivity contribution is -0.124. The molecule has 1 aliphatic heterocycles. The largest absolute Gasteiger partial charge is 0.337 e. The van der Waals surface area contributed by atoms with Crippen molar-refractivity contribution in [2.75, 3.05) is 32.7 Å². The fraction of sp³-hybridized carbons (Fsp3) is 0.667. The molecule has 3 rings (SSSR count). The fourth-order valence-electron chi connectivity index (χ4n) is 3.69. The van der Waals surface area contributed by atoms with Gasteiger partial charge in [-0.2, -0.15) is 5.26 Å².